The van der Waals surface area contributed by atoms with Gasteiger partial charge in [0.15, 0.2) is 0 Å². The summed E-state index contributed by atoms with van der Waals surface area (Å²) in [4.78, 5) is 9.79. The second kappa shape index (κ2) is 7.93. The zero-order valence-corrected chi connectivity index (χ0v) is 15.6. The Labute approximate surface area is 152 Å². The van der Waals surface area contributed by atoms with Crippen molar-refractivity contribution in [3.05, 3.63) is 41.6 Å². The Balaban J connectivity index is 2.49. The van der Waals surface area contributed by atoms with Crippen LogP contribution in [0.25, 0.3) is 0 Å². The first-order valence-corrected chi connectivity index (χ1v) is 8.61. The van der Waals surface area contributed by atoms with Crippen molar-refractivity contribution in [3.8, 4) is 5.88 Å². The number of hydrogen-bond donors (Lipinski definition) is 0. The number of nitrogens with zero attached hydrogens (tertiary/aromatic N) is 3. The lowest BCUT2D eigenvalue weighted by Gasteiger charge is -2.24. The van der Waals surface area contributed by atoms with E-state index in [1.807, 2.05) is 31.2 Å². The number of ether oxygens (including phenoxy) is 1. The maximum atomic E-state index is 13.2. The predicted octanol–water partition coefficient (Wildman–Crippen LogP) is 5.56. The van der Waals surface area contributed by atoms with Crippen LogP contribution in [0.4, 0.5) is 24.8 Å². The van der Waals surface area contributed by atoms with Gasteiger partial charge in [-0.15, -0.1) is 0 Å². The molecule has 0 aliphatic heterocycles. The second-order valence-electron chi connectivity index (χ2n) is 6.55. The van der Waals surface area contributed by atoms with Gasteiger partial charge in [-0.25, -0.2) is 4.98 Å². The predicted molar refractivity (Wildman–Crippen MR) is 96.0 cm³/mol. The molecule has 26 heavy (non-hydrogen) atoms. The fourth-order valence-corrected chi connectivity index (χ4v) is 2.49. The molecule has 0 atom stereocenters. The molecule has 0 radical (unpaired) electrons. The van der Waals surface area contributed by atoms with E-state index < -0.39 is 23.7 Å². The molecule has 0 unspecified atom stereocenters. The van der Waals surface area contributed by atoms with E-state index in [1.54, 1.807) is 18.7 Å². The van der Waals surface area contributed by atoms with Gasteiger partial charge >= 0.3 is 6.18 Å². The Morgan fingerprint density at radius 1 is 1.15 bits per heavy atom. The molecule has 142 valence electrons. The number of hydrogen-bond acceptors (Lipinski definition) is 4. The summed E-state index contributed by atoms with van der Waals surface area (Å²) >= 11 is 0. The summed E-state index contributed by atoms with van der Waals surface area (Å²) < 4.78 is 44.9. The van der Waals surface area contributed by atoms with Crippen LogP contribution in [-0.2, 0) is 6.18 Å². The average molecular weight is 367 g/mol. The number of benzene rings is 1. The molecule has 0 spiro atoms. The van der Waals surface area contributed by atoms with Crippen molar-refractivity contribution in [3.63, 3.8) is 0 Å². The molecule has 0 aliphatic rings. The Morgan fingerprint density at radius 2 is 1.85 bits per heavy atom. The normalized spacial score (nSPS) is 11.9. The fourth-order valence-electron chi connectivity index (χ4n) is 2.49. The molecule has 4 nitrogen and oxygen atoms in total. The van der Waals surface area contributed by atoms with E-state index in [1.165, 1.54) is 0 Å². The molecular weight excluding hydrogens is 343 g/mol. The van der Waals surface area contributed by atoms with Gasteiger partial charge in [0.25, 0.3) is 0 Å². The highest BCUT2D eigenvalue weighted by Crippen LogP contribution is 2.36. The van der Waals surface area contributed by atoms with E-state index in [4.69, 9.17) is 4.74 Å². The van der Waals surface area contributed by atoms with Crippen LogP contribution in [0.1, 0.15) is 51.7 Å². The van der Waals surface area contributed by atoms with Crippen molar-refractivity contribution >= 4 is 11.6 Å². The number of aromatic nitrogens is 2. The van der Waals surface area contributed by atoms with Crippen molar-refractivity contribution in [2.45, 2.75) is 52.8 Å². The highest BCUT2D eigenvalue weighted by molar-refractivity contribution is 5.59. The van der Waals surface area contributed by atoms with Gasteiger partial charge in [-0.2, -0.15) is 18.2 Å². The molecule has 1 aromatic carbocycles. The summed E-state index contributed by atoms with van der Waals surface area (Å²) in [5, 5.41) is 0. The van der Waals surface area contributed by atoms with Crippen LogP contribution in [0.2, 0.25) is 0 Å². The number of anilines is 2. The minimum absolute atomic E-state index is 0.178. The number of halogens is 3. The van der Waals surface area contributed by atoms with Gasteiger partial charge in [-0.3, -0.25) is 0 Å². The van der Waals surface area contributed by atoms with Crippen LogP contribution < -0.4 is 9.64 Å². The molecule has 0 fully saturated rings. The van der Waals surface area contributed by atoms with Crippen LogP contribution in [-0.4, -0.2) is 22.6 Å². The average Bonchev–Trinajstić information content (AvgIpc) is 2.54. The Kier molecular flexibility index (Phi) is 6.10. The van der Waals surface area contributed by atoms with Crippen LogP contribution in [0.5, 0.6) is 5.88 Å². The largest absolute Gasteiger partial charge is 0.474 e. The van der Waals surface area contributed by atoms with Crippen molar-refractivity contribution < 1.29 is 17.9 Å². The summed E-state index contributed by atoms with van der Waals surface area (Å²) in [7, 11) is 0. The van der Waals surface area contributed by atoms with Crippen LogP contribution in [0, 0.1) is 0 Å². The Bertz CT molecular complexity index is 745. The zero-order valence-electron chi connectivity index (χ0n) is 15.6. The summed E-state index contributed by atoms with van der Waals surface area (Å²) in [6.07, 6.45) is -4.22. The lowest BCUT2D eigenvalue weighted by molar-refractivity contribution is -0.139. The molecule has 0 N–H and O–H groups in total. The first kappa shape index (κ1) is 20.0. The molecule has 1 heterocycles. The number of rotatable bonds is 6. The van der Waals surface area contributed by atoms with Crippen LogP contribution >= 0.6 is 0 Å². The van der Waals surface area contributed by atoms with E-state index in [0.29, 0.717) is 12.5 Å². The zero-order chi connectivity index (χ0) is 19.5. The maximum absolute atomic E-state index is 13.2. The Morgan fingerprint density at radius 3 is 2.38 bits per heavy atom. The molecule has 0 aliphatic carbocycles. The van der Waals surface area contributed by atoms with E-state index in [0.717, 1.165) is 17.4 Å². The minimum Gasteiger partial charge on any atom is -0.474 e. The summed E-state index contributed by atoms with van der Waals surface area (Å²) in [5.74, 6) is 0.0648. The third-order valence-electron chi connectivity index (χ3n) is 3.80. The quantitative estimate of drug-likeness (QED) is 0.670. The van der Waals surface area contributed by atoms with Crippen LogP contribution in [0.3, 0.4) is 0 Å². The van der Waals surface area contributed by atoms with Crippen LogP contribution in [0.15, 0.2) is 30.5 Å². The first-order chi connectivity index (χ1) is 12.1. The van der Waals surface area contributed by atoms with Gasteiger partial charge in [-0.05, 0) is 44.4 Å². The topological polar surface area (TPSA) is 38.2 Å². The van der Waals surface area contributed by atoms with Crippen molar-refractivity contribution in [1.29, 1.82) is 0 Å². The van der Waals surface area contributed by atoms with E-state index in [-0.39, 0.29) is 5.95 Å². The molecule has 0 amide bonds. The smallest absolute Gasteiger partial charge is 0.423 e. The standard InChI is InChI=1S/C19H24F3N3O/c1-6-25(15-9-7-8-14(10-15)12(2)3)18-23-11-16(19(20,21)22)17(24-18)26-13(4)5/h7-13H,6H2,1-5H3. The highest BCUT2D eigenvalue weighted by Gasteiger charge is 2.37. The van der Waals surface area contributed by atoms with Crippen molar-refractivity contribution in [2.24, 2.45) is 0 Å². The Hall–Kier alpha value is -2.31. The van der Waals surface area contributed by atoms with Gasteiger partial charge in [0, 0.05) is 18.4 Å². The molecule has 7 heteroatoms. The van der Waals surface area contributed by atoms with E-state index in [9.17, 15) is 13.2 Å². The summed E-state index contributed by atoms with van der Waals surface area (Å²) in [6, 6.07) is 7.82. The van der Waals surface area contributed by atoms with Gasteiger partial charge in [0.1, 0.15) is 5.56 Å². The van der Waals surface area contributed by atoms with Crippen molar-refractivity contribution in [1.82, 2.24) is 9.97 Å². The van der Waals surface area contributed by atoms with Crippen molar-refractivity contribution in [2.75, 3.05) is 11.4 Å². The SMILES string of the molecule is CCN(c1cccc(C(C)C)c1)c1ncc(C(F)(F)F)c(OC(C)C)n1. The third-order valence-corrected chi connectivity index (χ3v) is 3.80. The maximum Gasteiger partial charge on any atom is 0.423 e. The van der Waals surface area contributed by atoms with Gasteiger partial charge in [0.05, 0.1) is 6.10 Å². The fraction of sp³-hybridized carbons (Fsp3) is 0.474. The lowest BCUT2D eigenvalue weighted by Crippen LogP contribution is -2.22. The van der Waals surface area contributed by atoms with E-state index >= 15 is 0 Å². The second-order valence-corrected chi connectivity index (χ2v) is 6.55. The third kappa shape index (κ3) is 4.65. The number of alkyl halides is 3. The molecule has 0 saturated heterocycles. The molecule has 2 rings (SSSR count). The first-order valence-electron chi connectivity index (χ1n) is 8.61. The molecule has 2 aromatic rings. The summed E-state index contributed by atoms with van der Waals surface area (Å²) in [5.41, 5.74) is 0.988. The van der Waals surface area contributed by atoms with E-state index in [2.05, 4.69) is 23.8 Å². The molecular formula is C19H24F3N3O. The van der Waals surface area contributed by atoms with Gasteiger partial charge in [0.2, 0.25) is 11.8 Å². The summed E-state index contributed by atoms with van der Waals surface area (Å²) in [6.45, 7) is 9.88. The molecule has 0 bridgehead atoms. The highest BCUT2D eigenvalue weighted by atomic mass is 19.4. The minimum atomic E-state index is -4.57. The molecule has 1 aromatic heterocycles. The monoisotopic (exact) mass is 367 g/mol. The van der Waals surface area contributed by atoms with Gasteiger partial charge < -0.3 is 9.64 Å². The lowest BCUT2D eigenvalue weighted by atomic mass is 10.0. The molecule has 0 saturated carbocycles. The van der Waals surface area contributed by atoms with Gasteiger partial charge in [-0.1, -0.05) is 26.0 Å².